The van der Waals surface area contributed by atoms with Gasteiger partial charge < -0.3 is 32.8 Å². The van der Waals surface area contributed by atoms with Gasteiger partial charge in [0, 0.05) is 6.54 Å². The molecule has 0 aromatic heterocycles. The van der Waals surface area contributed by atoms with Crippen LogP contribution in [0.5, 0.6) is 5.75 Å². The molecule has 0 aliphatic rings. The van der Waals surface area contributed by atoms with Crippen molar-refractivity contribution in [2.24, 2.45) is 27.9 Å². The van der Waals surface area contributed by atoms with Gasteiger partial charge in [-0.15, -0.1) is 0 Å². The standard InChI is InChI=1S/C14H20N4O4.C8H11N/c15-11(2-1-7-18-14(16)17)13(21)22-10-5-3-9(4-6-10)8-12(19)20;9-7-6-8-4-2-1-3-5-8/h3-6,11H,1-2,7-8,15H2,(H,19,20)(H4,16,17,18);1-5H,6-7,9H2/t11-;/m0./s1. The van der Waals surface area contributed by atoms with Crippen LogP contribution in [0.4, 0.5) is 0 Å². The van der Waals surface area contributed by atoms with Crippen molar-refractivity contribution in [3.63, 3.8) is 0 Å². The predicted molar refractivity (Wildman–Crippen MR) is 121 cm³/mol. The summed E-state index contributed by atoms with van der Waals surface area (Å²) in [4.78, 5) is 26.1. The minimum Gasteiger partial charge on any atom is -0.481 e. The molecule has 0 saturated heterocycles. The van der Waals surface area contributed by atoms with Gasteiger partial charge in [0.05, 0.1) is 6.42 Å². The van der Waals surface area contributed by atoms with Gasteiger partial charge >= 0.3 is 11.9 Å². The third kappa shape index (κ3) is 12.0. The number of nitrogens with zero attached hydrogens (tertiary/aromatic N) is 1. The van der Waals surface area contributed by atoms with Crippen LogP contribution in [0.2, 0.25) is 0 Å². The van der Waals surface area contributed by atoms with E-state index in [-0.39, 0.29) is 12.4 Å². The Morgan fingerprint density at radius 3 is 2.19 bits per heavy atom. The number of guanidine groups is 1. The average molecular weight is 430 g/mol. The number of carbonyl (C=O) groups is 2. The molecule has 0 aliphatic heterocycles. The summed E-state index contributed by atoms with van der Waals surface area (Å²) in [6.45, 7) is 1.14. The van der Waals surface area contributed by atoms with E-state index in [0.717, 1.165) is 13.0 Å². The van der Waals surface area contributed by atoms with Crippen LogP contribution in [0.15, 0.2) is 59.6 Å². The summed E-state index contributed by atoms with van der Waals surface area (Å²) >= 11 is 0. The molecule has 0 radical (unpaired) electrons. The van der Waals surface area contributed by atoms with Crippen LogP contribution >= 0.6 is 0 Å². The number of benzene rings is 2. The van der Waals surface area contributed by atoms with E-state index < -0.39 is 18.0 Å². The third-order valence-electron chi connectivity index (χ3n) is 4.04. The molecule has 31 heavy (non-hydrogen) atoms. The second kappa shape index (κ2) is 14.5. The zero-order chi connectivity index (χ0) is 23.1. The first-order valence-corrected chi connectivity index (χ1v) is 9.89. The molecule has 2 aromatic carbocycles. The predicted octanol–water partition coefficient (Wildman–Crippen LogP) is 0.788. The first-order valence-electron chi connectivity index (χ1n) is 9.89. The van der Waals surface area contributed by atoms with E-state index in [1.807, 2.05) is 18.2 Å². The summed E-state index contributed by atoms with van der Waals surface area (Å²) < 4.78 is 5.12. The maximum atomic E-state index is 11.8. The van der Waals surface area contributed by atoms with Crippen molar-refractivity contribution < 1.29 is 19.4 Å². The maximum Gasteiger partial charge on any atom is 0.328 e. The van der Waals surface area contributed by atoms with Gasteiger partial charge in [-0.3, -0.25) is 9.79 Å². The van der Waals surface area contributed by atoms with Gasteiger partial charge in [0.25, 0.3) is 0 Å². The first-order chi connectivity index (χ1) is 14.8. The number of carbonyl (C=O) groups excluding carboxylic acids is 1. The number of esters is 1. The van der Waals surface area contributed by atoms with Crippen LogP contribution in [0.25, 0.3) is 0 Å². The minimum atomic E-state index is -0.924. The number of aliphatic imine (C=N–C) groups is 1. The Labute approximate surface area is 182 Å². The quantitative estimate of drug-likeness (QED) is 0.121. The summed E-state index contributed by atoms with van der Waals surface area (Å²) in [5, 5.41) is 8.66. The Kier molecular flexibility index (Phi) is 12.0. The molecule has 9 N–H and O–H groups in total. The summed E-state index contributed by atoms with van der Waals surface area (Å²) in [6, 6.07) is 15.7. The highest BCUT2D eigenvalue weighted by molar-refractivity contribution is 5.78. The average Bonchev–Trinajstić information content (AvgIpc) is 2.73. The van der Waals surface area contributed by atoms with E-state index in [1.54, 1.807) is 12.1 Å². The summed E-state index contributed by atoms with van der Waals surface area (Å²) in [5.74, 6) is -1.17. The van der Waals surface area contributed by atoms with Gasteiger partial charge in [0.2, 0.25) is 0 Å². The number of nitrogens with two attached hydrogens (primary N) is 4. The molecular formula is C22H31N5O4. The molecule has 0 heterocycles. The fraction of sp³-hybridized carbons (Fsp3) is 0.318. The molecule has 2 aromatic rings. The molecule has 0 unspecified atom stereocenters. The molecule has 2 rings (SSSR count). The van der Waals surface area contributed by atoms with Crippen molar-refractivity contribution in [2.75, 3.05) is 13.1 Å². The highest BCUT2D eigenvalue weighted by Gasteiger charge is 2.15. The Morgan fingerprint density at radius 2 is 1.65 bits per heavy atom. The fourth-order valence-corrected chi connectivity index (χ4v) is 2.49. The number of rotatable bonds is 10. The topological polar surface area (TPSA) is 180 Å². The lowest BCUT2D eigenvalue weighted by Crippen LogP contribution is -2.34. The smallest absolute Gasteiger partial charge is 0.328 e. The summed E-state index contributed by atoms with van der Waals surface area (Å²) in [5.41, 5.74) is 23.4. The maximum absolute atomic E-state index is 11.8. The SMILES string of the molecule is NC(N)=NCCC[C@H](N)C(=O)Oc1ccc(CC(=O)O)cc1.NCCc1ccccc1. The number of carboxylic acids is 1. The van der Waals surface area contributed by atoms with Crippen molar-refractivity contribution in [3.8, 4) is 5.75 Å². The Morgan fingerprint density at radius 1 is 1.00 bits per heavy atom. The number of ether oxygens (including phenoxy) is 1. The highest BCUT2D eigenvalue weighted by Crippen LogP contribution is 2.14. The van der Waals surface area contributed by atoms with Crippen LogP contribution < -0.4 is 27.7 Å². The zero-order valence-electron chi connectivity index (χ0n) is 17.4. The largest absolute Gasteiger partial charge is 0.481 e. The van der Waals surface area contributed by atoms with Crippen molar-refractivity contribution >= 4 is 17.9 Å². The monoisotopic (exact) mass is 429 g/mol. The second-order valence-electron chi connectivity index (χ2n) is 6.72. The van der Waals surface area contributed by atoms with Crippen molar-refractivity contribution in [1.29, 1.82) is 0 Å². The Hall–Kier alpha value is -3.43. The van der Waals surface area contributed by atoms with Gasteiger partial charge in [-0.25, -0.2) is 4.79 Å². The lowest BCUT2D eigenvalue weighted by molar-refractivity contribution is -0.137. The number of aliphatic carboxylic acids is 1. The van der Waals surface area contributed by atoms with Crippen LogP contribution in [-0.2, 0) is 22.4 Å². The molecule has 0 spiro atoms. The Balaban J connectivity index is 0.000000442. The molecule has 0 aliphatic carbocycles. The van der Waals surface area contributed by atoms with Crippen LogP contribution in [0.1, 0.15) is 24.0 Å². The molecule has 0 fully saturated rings. The van der Waals surface area contributed by atoms with Crippen molar-refractivity contribution in [1.82, 2.24) is 0 Å². The molecular weight excluding hydrogens is 398 g/mol. The van der Waals surface area contributed by atoms with E-state index in [0.29, 0.717) is 30.7 Å². The lowest BCUT2D eigenvalue weighted by Gasteiger charge is -2.11. The third-order valence-corrected chi connectivity index (χ3v) is 4.04. The summed E-state index contributed by atoms with van der Waals surface area (Å²) in [7, 11) is 0. The zero-order valence-corrected chi connectivity index (χ0v) is 17.4. The van der Waals surface area contributed by atoms with E-state index in [4.69, 9.17) is 32.8 Å². The van der Waals surface area contributed by atoms with Gasteiger partial charge in [0.1, 0.15) is 11.8 Å². The fourth-order valence-electron chi connectivity index (χ4n) is 2.49. The molecule has 0 bridgehead atoms. The van der Waals surface area contributed by atoms with Crippen LogP contribution in [-0.4, -0.2) is 42.1 Å². The van der Waals surface area contributed by atoms with Gasteiger partial charge in [-0.2, -0.15) is 0 Å². The Bertz CT molecular complexity index is 822. The number of hydrogen-bond donors (Lipinski definition) is 5. The van der Waals surface area contributed by atoms with Gasteiger partial charge in [0.15, 0.2) is 5.96 Å². The highest BCUT2D eigenvalue weighted by atomic mass is 16.5. The molecule has 0 amide bonds. The van der Waals surface area contributed by atoms with E-state index >= 15 is 0 Å². The van der Waals surface area contributed by atoms with E-state index in [9.17, 15) is 9.59 Å². The summed E-state index contributed by atoms with van der Waals surface area (Å²) in [6.07, 6.45) is 1.86. The molecule has 9 nitrogen and oxygen atoms in total. The normalized spacial score (nSPS) is 10.9. The van der Waals surface area contributed by atoms with Crippen LogP contribution in [0, 0.1) is 0 Å². The molecule has 0 saturated carbocycles. The first kappa shape index (κ1) is 25.6. The van der Waals surface area contributed by atoms with Gasteiger partial charge in [-0.1, -0.05) is 42.5 Å². The second-order valence-corrected chi connectivity index (χ2v) is 6.72. The van der Waals surface area contributed by atoms with Crippen LogP contribution in [0.3, 0.4) is 0 Å². The molecule has 1 atom stereocenters. The van der Waals surface area contributed by atoms with Crippen molar-refractivity contribution in [2.45, 2.75) is 31.7 Å². The van der Waals surface area contributed by atoms with Gasteiger partial charge in [-0.05, 0) is 49.1 Å². The molecule has 168 valence electrons. The van der Waals surface area contributed by atoms with Crippen molar-refractivity contribution in [3.05, 3.63) is 65.7 Å². The number of carboxylic acid groups (broad SMARTS) is 1. The number of hydrogen-bond acceptors (Lipinski definition) is 6. The van der Waals surface area contributed by atoms with E-state index in [2.05, 4.69) is 17.1 Å². The molecule has 9 heteroatoms. The minimum absolute atomic E-state index is 0.00222. The van der Waals surface area contributed by atoms with E-state index in [1.165, 1.54) is 17.7 Å². The lowest BCUT2D eigenvalue weighted by atomic mass is 10.1.